The van der Waals surface area contributed by atoms with Crippen LogP contribution in [0, 0.1) is 0 Å². The standard InChI is InChI=1S/C25H26N2O3S/c28-24(26-13-10-18-6-8-20(9-7-18)25(29)30)23-16-21-11-14-27(15-12-22(21)31-23)17-19-4-2-1-3-5-19/h1-9,16H,10-15,17H2,(H,26,28)(H,29,30). The monoisotopic (exact) mass is 434 g/mol. The third-order valence-corrected chi connectivity index (χ3v) is 6.86. The van der Waals surface area contributed by atoms with Crippen molar-refractivity contribution in [3.05, 3.63) is 92.7 Å². The Kier molecular flexibility index (Phi) is 6.79. The van der Waals surface area contributed by atoms with Crippen LogP contribution in [0.1, 0.15) is 41.6 Å². The predicted octanol–water partition coefficient (Wildman–Crippen LogP) is 4.02. The summed E-state index contributed by atoms with van der Waals surface area (Å²) in [5, 5.41) is 12.0. The fraction of sp³-hybridized carbons (Fsp3) is 0.280. The first kappa shape index (κ1) is 21.3. The number of thiophene rings is 1. The van der Waals surface area contributed by atoms with Gasteiger partial charge in [-0.3, -0.25) is 9.69 Å². The average Bonchev–Trinajstić information content (AvgIpc) is 3.11. The molecule has 0 aliphatic carbocycles. The largest absolute Gasteiger partial charge is 0.478 e. The molecule has 0 fully saturated rings. The van der Waals surface area contributed by atoms with Crippen LogP contribution in [0.2, 0.25) is 0 Å². The highest BCUT2D eigenvalue weighted by Crippen LogP contribution is 2.26. The molecule has 2 aromatic carbocycles. The van der Waals surface area contributed by atoms with Crippen molar-refractivity contribution in [3.8, 4) is 0 Å². The highest BCUT2D eigenvalue weighted by molar-refractivity contribution is 7.14. The van der Waals surface area contributed by atoms with Crippen LogP contribution in [0.4, 0.5) is 0 Å². The van der Waals surface area contributed by atoms with Crippen LogP contribution < -0.4 is 5.32 Å². The summed E-state index contributed by atoms with van der Waals surface area (Å²) in [7, 11) is 0. The molecule has 0 bridgehead atoms. The lowest BCUT2D eigenvalue weighted by atomic mass is 10.1. The van der Waals surface area contributed by atoms with Gasteiger partial charge in [0.25, 0.3) is 5.91 Å². The van der Waals surface area contributed by atoms with Gasteiger partial charge in [-0.25, -0.2) is 4.79 Å². The lowest BCUT2D eigenvalue weighted by molar-refractivity contribution is 0.0696. The van der Waals surface area contributed by atoms with Crippen LogP contribution in [-0.4, -0.2) is 41.5 Å². The highest BCUT2D eigenvalue weighted by Gasteiger charge is 2.19. The summed E-state index contributed by atoms with van der Waals surface area (Å²) in [4.78, 5) is 28.1. The van der Waals surface area contributed by atoms with Gasteiger partial charge in [0.05, 0.1) is 10.4 Å². The normalized spacial score (nSPS) is 13.9. The molecule has 3 aromatic rings. The molecule has 6 heteroatoms. The Labute approximate surface area is 186 Å². The van der Waals surface area contributed by atoms with E-state index >= 15 is 0 Å². The first-order chi connectivity index (χ1) is 15.1. The van der Waals surface area contributed by atoms with Gasteiger partial charge in [0.15, 0.2) is 0 Å². The number of aromatic carboxylic acids is 1. The van der Waals surface area contributed by atoms with Gasteiger partial charge in [-0.2, -0.15) is 0 Å². The molecule has 5 nitrogen and oxygen atoms in total. The number of hydrogen-bond donors (Lipinski definition) is 2. The van der Waals surface area contributed by atoms with Crippen molar-refractivity contribution >= 4 is 23.2 Å². The Bertz CT molecular complexity index is 1020. The maximum atomic E-state index is 12.6. The van der Waals surface area contributed by atoms with Crippen molar-refractivity contribution < 1.29 is 14.7 Å². The fourth-order valence-corrected chi connectivity index (χ4v) is 4.99. The second kappa shape index (κ2) is 9.90. The van der Waals surface area contributed by atoms with Gasteiger partial charge in [-0.1, -0.05) is 42.5 Å². The van der Waals surface area contributed by atoms with Crippen molar-refractivity contribution in [1.82, 2.24) is 10.2 Å². The molecular weight excluding hydrogens is 408 g/mol. The molecule has 1 aliphatic heterocycles. The van der Waals surface area contributed by atoms with Crippen LogP contribution in [0.15, 0.2) is 60.7 Å². The molecule has 1 aliphatic rings. The van der Waals surface area contributed by atoms with Gasteiger partial charge >= 0.3 is 5.97 Å². The van der Waals surface area contributed by atoms with E-state index < -0.39 is 5.97 Å². The van der Waals surface area contributed by atoms with E-state index in [2.05, 4.69) is 40.5 Å². The zero-order chi connectivity index (χ0) is 21.6. The molecule has 0 saturated heterocycles. The summed E-state index contributed by atoms with van der Waals surface area (Å²) < 4.78 is 0. The molecule has 2 N–H and O–H groups in total. The summed E-state index contributed by atoms with van der Waals surface area (Å²) >= 11 is 1.61. The Hall–Kier alpha value is -2.96. The highest BCUT2D eigenvalue weighted by atomic mass is 32.1. The first-order valence-electron chi connectivity index (χ1n) is 10.6. The Balaban J connectivity index is 1.27. The van der Waals surface area contributed by atoms with Crippen molar-refractivity contribution in [2.75, 3.05) is 19.6 Å². The SMILES string of the molecule is O=C(O)c1ccc(CCNC(=O)c2cc3c(s2)CCN(Cc2ccccc2)CC3)cc1. The van der Waals surface area contributed by atoms with E-state index in [4.69, 9.17) is 5.11 Å². The van der Waals surface area contributed by atoms with E-state index in [-0.39, 0.29) is 11.5 Å². The molecule has 160 valence electrons. The number of benzene rings is 2. The molecule has 0 radical (unpaired) electrons. The van der Waals surface area contributed by atoms with E-state index in [1.807, 2.05) is 6.07 Å². The summed E-state index contributed by atoms with van der Waals surface area (Å²) in [5.74, 6) is -0.957. The van der Waals surface area contributed by atoms with Crippen molar-refractivity contribution in [2.45, 2.75) is 25.8 Å². The number of carboxylic acids is 1. The molecule has 2 heterocycles. The number of carbonyl (C=O) groups excluding carboxylic acids is 1. The quantitative estimate of drug-likeness (QED) is 0.589. The first-order valence-corrected chi connectivity index (χ1v) is 11.4. The minimum Gasteiger partial charge on any atom is -0.478 e. The van der Waals surface area contributed by atoms with Crippen LogP contribution in [0.3, 0.4) is 0 Å². The Morgan fingerprint density at radius 2 is 1.71 bits per heavy atom. The van der Waals surface area contributed by atoms with E-state index in [1.54, 1.807) is 35.6 Å². The minimum atomic E-state index is -0.930. The van der Waals surface area contributed by atoms with Gasteiger partial charge in [0, 0.05) is 31.1 Å². The molecule has 0 saturated carbocycles. The second-order valence-corrected chi connectivity index (χ2v) is 8.97. The maximum absolute atomic E-state index is 12.6. The molecule has 0 spiro atoms. The Morgan fingerprint density at radius 1 is 0.968 bits per heavy atom. The lowest BCUT2D eigenvalue weighted by Gasteiger charge is -2.19. The van der Waals surface area contributed by atoms with Gasteiger partial charge in [0.1, 0.15) is 0 Å². The summed E-state index contributed by atoms with van der Waals surface area (Å²) in [6.45, 7) is 3.51. The fourth-order valence-electron chi connectivity index (χ4n) is 3.87. The molecule has 1 amide bonds. The molecule has 4 rings (SSSR count). The van der Waals surface area contributed by atoms with Gasteiger partial charge < -0.3 is 10.4 Å². The molecular formula is C25H26N2O3S. The number of nitrogens with zero attached hydrogens (tertiary/aromatic N) is 1. The number of fused-ring (bicyclic) bond motifs is 1. The number of hydrogen-bond acceptors (Lipinski definition) is 4. The number of carbonyl (C=O) groups is 2. The molecule has 31 heavy (non-hydrogen) atoms. The van der Waals surface area contributed by atoms with E-state index in [0.29, 0.717) is 13.0 Å². The number of nitrogens with one attached hydrogen (secondary N) is 1. The van der Waals surface area contributed by atoms with Gasteiger partial charge in [-0.15, -0.1) is 11.3 Å². The summed E-state index contributed by atoms with van der Waals surface area (Å²) in [6, 6.07) is 19.4. The number of carboxylic acid groups (broad SMARTS) is 1. The summed E-state index contributed by atoms with van der Waals surface area (Å²) in [6.07, 6.45) is 2.63. The lowest BCUT2D eigenvalue weighted by Crippen LogP contribution is -2.26. The molecule has 0 unspecified atom stereocenters. The van der Waals surface area contributed by atoms with Crippen molar-refractivity contribution in [3.63, 3.8) is 0 Å². The average molecular weight is 435 g/mol. The number of rotatable bonds is 7. The van der Waals surface area contributed by atoms with Crippen molar-refractivity contribution in [1.29, 1.82) is 0 Å². The minimum absolute atomic E-state index is 0.0265. The zero-order valence-corrected chi connectivity index (χ0v) is 18.2. The zero-order valence-electron chi connectivity index (χ0n) is 17.3. The third-order valence-electron chi connectivity index (χ3n) is 5.62. The predicted molar refractivity (Wildman–Crippen MR) is 123 cm³/mol. The van der Waals surface area contributed by atoms with Crippen molar-refractivity contribution in [2.24, 2.45) is 0 Å². The summed E-state index contributed by atoms with van der Waals surface area (Å²) in [5.41, 5.74) is 3.92. The van der Waals surface area contributed by atoms with E-state index in [9.17, 15) is 9.59 Å². The Morgan fingerprint density at radius 3 is 2.45 bits per heavy atom. The number of amides is 1. The van der Waals surface area contributed by atoms with Crippen LogP contribution in [-0.2, 0) is 25.8 Å². The molecule has 0 atom stereocenters. The topological polar surface area (TPSA) is 69.6 Å². The third kappa shape index (κ3) is 5.60. The van der Waals surface area contributed by atoms with Crippen LogP contribution in [0.5, 0.6) is 0 Å². The second-order valence-electron chi connectivity index (χ2n) is 7.83. The smallest absolute Gasteiger partial charge is 0.335 e. The van der Waals surface area contributed by atoms with E-state index in [0.717, 1.165) is 42.9 Å². The van der Waals surface area contributed by atoms with Gasteiger partial charge in [-0.05, 0) is 54.2 Å². The maximum Gasteiger partial charge on any atom is 0.335 e. The van der Waals surface area contributed by atoms with Gasteiger partial charge in [0.2, 0.25) is 0 Å². The van der Waals surface area contributed by atoms with E-state index in [1.165, 1.54) is 16.0 Å². The molecule has 1 aromatic heterocycles. The van der Waals surface area contributed by atoms with Crippen LogP contribution in [0.25, 0.3) is 0 Å². The van der Waals surface area contributed by atoms with Crippen LogP contribution >= 0.6 is 11.3 Å².